The van der Waals surface area contributed by atoms with Crippen LogP contribution in [0.1, 0.15) is 23.1 Å². The molecule has 26 heavy (non-hydrogen) atoms. The normalized spacial score (nSPS) is 11.1. The molecule has 3 aromatic heterocycles. The van der Waals surface area contributed by atoms with Crippen molar-refractivity contribution in [2.24, 2.45) is 0 Å². The largest absolute Gasteiger partial charge is 0.416 e. The molecule has 132 valence electrons. The van der Waals surface area contributed by atoms with Crippen LogP contribution in [0, 0.1) is 6.92 Å². The van der Waals surface area contributed by atoms with Crippen molar-refractivity contribution < 1.29 is 4.42 Å². The van der Waals surface area contributed by atoms with E-state index in [4.69, 9.17) is 4.42 Å². The highest BCUT2D eigenvalue weighted by atomic mass is 32.2. The first kappa shape index (κ1) is 16.5. The summed E-state index contributed by atoms with van der Waals surface area (Å²) in [4.78, 5) is 8.61. The van der Waals surface area contributed by atoms with Gasteiger partial charge in [0.05, 0.1) is 12.3 Å². The first-order chi connectivity index (χ1) is 12.8. The van der Waals surface area contributed by atoms with Gasteiger partial charge in [-0.2, -0.15) is 10.2 Å². The smallest absolute Gasteiger partial charge is 0.277 e. The number of aryl methyl sites for hydroxylation is 1. The lowest BCUT2D eigenvalue weighted by Gasteiger charge is -2.05. The molecule has 0 aliphatic carbocycles. The molecule has 10 heteroatoms. The minimum absolute atomic E-state index is 0.471. The van der Waals surface area contributed by atoms with Gasteiger partial charge in [-0.05, 0) is 5.56 Å². The van der Waals surface area contributed by atoms with Crippen molar-refractivity contribution in [3.63, 3.8) is 0 Å². The van der Waals surface area contributed by atoms with Crippen LogP contribution in [0.4, 0.5) is 0 Å². The molecule has 0 aliphatic rings. The van der Waals surface area contributed by atoms with Crippen LogP contribution in [0.25, 0.3) is 0 Å². The van der Waals surface area contributed by atoms with Gasteiger partial charge in [0.1, 0.15) is 25.0 Å². The van der Waals surface area contributed by atoms with Crippen LogP contribution in [0.5, 0.6) is 0 Å². The third-order valence-electron chi connectivity index (χ3n) is 3.57. The molecular formula is C16H16N8OS. The number of hydrogen-bond acceptors (Lipinski definition) is 8. The van der Waals surface area contributed by atoms with Crippen molar-refractivity contribution in [3.8, 4) is 0 Å². The van der Waals surface area contributed by atoms with Crippen molar-refractivity contribution in [1.29, 1.82) is 0 Å². The van der Waals surface area contributed by atoms with Gasteiger partial charge in [-0.1, -0.05) is 42.1 Å². The van der Waals surface area contributed by atoms with E-state index in [1.54, 1.807) is 17.9 Å². The Morgan fingerprint density at radius 2 is 2.00 bits per heavy atom. The molecule has 0 N–H and O–H groups in total. The Morgan fingerprint density at radius 3 is 2.73 bits per heavy atom. The standard InChI is InChI=1S/C16H16N8OS/c1-12-20-21-16(25-12)26-9-15-19-14(8-23-11-17-10-18-23)22-24(15)7-13-5-3-2-4-6-13/h2-6,10-11H,7-9H2,1H3. The maximum absolute atomic E-state index is 5.42. The molecule has 0 saturated heterocycles. The summed E-state index contributed by atoms with van der Waals surface area (Å²) in [5, 5.41) is 17.1. The molecule has 4 rings (SSSR count). The maximum Gasteiger partial charge on any atom is 0.277 e. The lowest BCUT2D eigenvalue weighted by molar-refractivity contribution is 0.429. The minimum atomic E-state index is 0.471. The number of benzene rings is 1. The van der Waals surface area contributed by atoms with E-state index in [0.717, 1.165) is 11.4 Å². The molecule has 0 amide bonds. The van der Waals surface area contributed by atoms with Crippen molar-refractivity contribution in [1.82, 2.24) is 39.7 Å². The summed E-state index contributed by atoms with van der Waals surface area (Å²) in [5.41, 5.74) is 1.16. The summed E-state index contributed by atoms with van der Waals surface area (Å²) < 4.78 is 9.01. The third kappa shape index (κ3) is 3.97. The van der Waals surface area contributed by atoms with Gasteiger partial charge in [0.15, 0.2) is 5.82 Å². The van der Waals surface area contributed by atoms with E-state index >= 15 is 0 Å². The maximum atomic E-state index is 5.42. The first-order valence-corrected chi connectivity index (χ1v) is 8.96. The Morgan fingerprint density at radius 1 is 1.12 bits per heavy atom. The van der Waals surface area contributed by atoms with Crippen LogP contribution < -0.4 is 0 Å². The van der Waals surface area contributed by atoms with Crippen molar-refractivity contribution in [2.45, 2.75) is 31.0 Å². The Bertz CT molecular complexity index is 963. The summed E-state index contributed by atoms with van der Waals surface area (Å²) in [5.74, 6) is 2.65. The van der Waals surface area contributed by atoms with E-state index in [9.17, 15) is 0 Å². The second-order valence-corrected chi connectivity index (χ2v) is 6.48. The van der Waals surface area contributed by atoms with E-state index in [1.807, 2.05) is 22.9 Å². The van der Waals surface area contributed by atoms with Gasteiger partial charge < -0.3 is 4.42 Å². The highest BCUT2D eigenvalue weighted by molar-refractivity contribution is 7.98. The average molecular weight is 368 g/mol. The molecule has 4 aromatic rings. The second kappa shape index (κ2) is 7.48. The van der Waals surface area contributed by atoms with Gasteiger partial charge in [0.2, 0.25) is 5.89 Å². The van der Waals surface area contributed by atoms with Crippen LogP contribution in [0.2, 0.25) is 0 Å². The molecule has 3 heterocycles. The third-order valence-corrected chi connectivity index (χ3v) is 4.38. The molecule has 0 atom stereocenters. The molecule has 0 unspecified atom stereocenters. The Balaban J connectivity index is 1.55. The average Bonchev–Trinajstić information content (AvgIpc) is 3.37. The molecule has 0 saturated carbocycles. The lowest BCUT2D eigenvalue weighted by Crippen LogP contribution is -2.07. The van der Waals surface area contributed by atoms with Gasteiger partial charge in [-0.25, -0.2) is 19.3 Å². The number of rotatable bonds is 7. The fourth-order valence-electron chi connectivity index (χ4n) is 2.41. The van der Waals surface area contributed by atoms with Crippen molar-refractivity contribution in [2.75, 3.05) is 0 Å². The zero-order chi connectivity index (χ0) is 17.8. The summed E-state index contributed by atoms with van der Waals surface area (Å²) in [6.07, 6.45) is 3.14. The number of thioether (sulfide) groups is 1. The molecule has 0 radical (unpaired) electrons. The van der Waals surface area contributed by atoms with Crippen molar-refractivity contribution in [3.05, 3.63) is 66.1 Å². The summed E-state index contributed by atoms with van der Waals surface area (Å²) in [6, 6.07) is 10.2. The Hall–Kier alpha value is -3.01. The zero-order valence-electron chi connectivity index (χ0n) is 14.1. The minimum Gasteiger partial charge on any atom is -0.416 e. The lowest BCUT2D eigenvalue weighted by atomic mass is 10.2. The fraction of sp³-hybridized carbons (Fsp3) is 0.250. The molecule has 0 aliphatic heterocycles. The van der Waals surface area contributed by atoms with Crippen molar-refractivity contribution >= 4 is 11.8 Å². The fourth-order valence-corrected chi connectivity index (χ4v) is 3.15. The number of aromatic nitrogens is 8. The molecule has 0 bridgehead atoms. The number of hydrogen-bond donors (Lipinski definition) is 0. The van der Waals surface area contributed by atoms with Crippen LogP contribution in [0.3, 0.4) is 0 Å². The van der Waals surface area contributed by atoms with Crippen LogP contribution in [-0.4, -0.2) is 39.7 Å². The molecule has 0 spiro atoms. The Labute approximate surface area is 153 Å². The van der Waals surface area contributed by atoms with Crippen LogP contribution >= 0.6 is 11.8 Å². The highest BCUT2D eigenvalue weighted by Gasteiger charge is 2.13. The Kier molecular flexibility index (Phi) is 4.73. The van der Waals surface area contributed by atoms with Gasteiger partial charge >= 0.3 is 0 Å². The van der Waals surface area contributed by atoms with Crippen LogP contribution in [0.15, 0.2) is 52.6 Å². The molecule has 0 fully saturated rings. The van der Waals surface area contributed by atoms with Gasteiger partial charge in [0, 0.05) is 6.92 Å². The topological polar surface area (TPSA) is 100 Å². The zero-order valence-corrected chi connectivity index (χ0v) is 14.9. The van der Waals surface area contributed by atoms with E-state index in [0.29, 0.717) is 35.8 Å². The molecule has 1 aromatic carbocycles. The molecule has 9 nitrogen and oxygen atoms in total. The highest BCUT2D eigenvalue weighted by Crippen LogP contribution is 2.21. The molecular weight excluding hydrogens is 352 g/mol. The first-order valence-electron chi connectivity index (χ1n) is 7.98. The van der Waals surface area contributed by atoms with Gasteiger partial charge in [0.25, 0.3) is 5.22 Å². The van der Waals surface area contributed by atoms with E-state index in [-0.39, 0.29) is 0 Å². The van der Waals surface area contributed by atoms with E-state index in [1.165, 1.54) is 18.1 Å². The second-order valence-electron chi connectivity index (χ2n) is 5.56. The summed E-state index contributed by atoms with van der Waals surface area (Å²) in [7, 11) is 0. The quantitative estimate of drug-likeness (QED) is 0.456. The van der Waals surface area contributed by atoms with Gasteiger partial charge in [-0.3, -0.25) is 0 Å². The predicted molar refractivity (Wildman–Crippen MR) is 93.3 cm³/mol. The van der Waals surface area contributed by atoms with E-state index in [2.05, 4.69) is 42.5 Å². The monoisotopic (exact) mass is 368 g/mol. The van der Waals surface area contributed by atoms with Gasteiger partial charge in [-0.15, -0.1) is 10.2 Å². The van der Waals surface area contributed by atoms with Crippen LogP contribution in [-0.2, 0) is 18.8 Å². The summed E-state index contributed by atoms with van der Waals surface area (Å²) in [6.45, 7) is 2.88. The number of nitrogens with zero attached hydrogens (tertiary/aromatic N) is 8. The SMILES string of the molecule is Cc1nnc(SCc2nc(Cn3cncn3)nn2Cc2ccccc2)o1. The predicted octanol–water partition coefficient (Wildman–Crippen LogP) is 1.95. The summed E-state index contributed by atoms with van der Waals surface area (Å²) >= 11 is 1.44. The van der Waals surface area contributed by atoms with E-state index < -0.39 is 0 Å².